The van der Waals surface area contributed by atoms with Crippen LogP contribution in [0.25, 0.3) is 0 Å². The summed E-state index contributed by atoms with van der Waals surface area (Å²) in [6.07, 6.45) is 1.56. The first kappa shape index (κ1) is 29.5. The number of nitrogens with one attached hydrogen (secondary N) is 1. The Bertz CT molecular complexity index is 1580. The van der Waals surface area contributed by atoms with Gasteiger partial charge in [0.05, 0.1) is 13.2 Å². The number of ether oxygens (including phenoxy) is 3. The zero-order valence-electron chi connectivity index (χ0n) is 23.8. The second kappa shape index (κ2) is 12.5. The minimum absolute atomic E-state index is 0.107. The highest BCUT2D eigenvalue weighted by molar-refractivity contribution is 6.00. The molecule has 226 valence electrons. The van der Waals surface area contributed by atoms with Gasteiger partial charge in [0.1, 0.15) is 29.1 Å². The first-order valence-corrected chi connectivity index (χ1v) is 13.9. The fraction of sp³-hybridized carbons (Fsp3) is 0.333. The number of carbonyl (C=O) groups is 1. The number of aliphatic imine (C=N–C) groups is 1. The molecule has 11 nitrogen and oxygen atoms in total. The Morgan fingerprint density at radius 1 is 1.12 bits per heavy atom. The number of amidine groups is 2. The van der Waals surface area contributed by atoms with Crippen LogP contribution in [0, 0.1) is 17.0 Å². The van der Waals surface area contributed by atoms with Crippen molar-refractivity contribution in [3.63, 3.8) is 0 Å². The summed E-state index contributed by atoms with van der Waals surface area (Å²) in [4.78, 5) is 24.6. The van der Waals surface area contributed by atoms with E-state index in [1.165, 1.54) is 23.1 Å². The van der Waals surface area contributed by atoms with Crippen molar-refractivity contribution in [2.45, 2.75) is 32.2 Å². The molecule has 0 saturated carbocycles. The van der Waals surface area contributed by atoms with Crippen LogP contribution < -0.4 is 20.1 Å². The van der Waals surface area contributed by atoms with E-state index >= 15 is 8.78 Å². The van der Waals surface area contributed by atoms with Gasteiger partial charge in [-0.25, -0.2) is 4.79 Å². The van der Waals surface area contributed by atoms with Crippen molar-refractivity contribution in [2.75, 3.05) is 38.2 Å². The van der Waals surface area contributed by atoms with Crippen LogP contribution in [0.15, 0.2) is 47.5 Å². The molecule has 2 aliphatic heterocycles. The average molecular weight is 595 g/mol. The number of phenols is 1. The lowest BCUT2D eigenvalue weighted by molar-refractivity contribution is -0.145. The van der Waals surface area contributed by atoms with Crippen LogP contribution in [0.4, 0.5) is 14.5 Å². The van der Waals surface area contributed by atoms with Gasteiger partial charge in [-0.3, -0.25) is 10.4 Å². The van der Waals surface area contributed by atoms with Gasteiger partial charge in [-0.2, -0.15) is 13.8 Å². The molecule has 0 spiro atoms. The highest BCUT2D eigenvalue weighted by Gasteiger charge is 2.37. The fourth-order valence-electron chi connectivity index (χ4n) is 5.08. The Labute approximate surface area is 247 Å². The number of nitrogens with two attached hydrogens (primary N) is 1. The molecule has 4 N–H and O–H groups in total. The van der Waals surface area contributed by atoms with Crippen molar-refractivity contribution in [3.05, 3.63) is 65.2 Å². The first-order valence-electron chi connectivity index (χ1n) is 13.9. The molecule has 0 aliphatic carbocycles. The van der Waals surface area contributed by atoms with Crippen molar-refractivity contribution >= 4 is 23.3 Å². The lowest BCUT2D eigenvalue weighted by Crippen LogP contribution is -2.46. The Kier molecular flexibility index (Phi) is 8.60. The molecule has 3 aromatic rings. The molecule has 2 aromatic carbocycles. The highest BCUT2D eigenvalue weighted by Crippen LogP contribution is 2.41. The van der Waals surface area contributed by atoms with Crippen molar-refractivity contribution in [2.24, 2.45) is 10.7 Å². The van der Waals surface area contributed by atoms with E-state index in [9.17, 15) is 9.90 Å². The van der Waals surface area contributed by atoms with E-state index in [-0.39, 0.29) is 36.0 Å². The molecule has 43 heavy (non-hydrogen) atoms. The maximum atomic E-state index is 16.3. The largest absolute Gasteiger partial charge is 0.504 e. The molecule has 5 rings (SSSR count). The molecule has 0 radical (unpaired) electrons. The van der Waals surface area contributed by atoms with Gasteiger partial charge in [0.2, 0.25) is 11.6 Å². The van der Waals surface area contributed by atoms with Crippen LogP contribution in [0.2, 0.25) is 0 Å². The summed E-state index contributed by atoms with van der Waals surface area (Å²) in [6.45, 7) is 3.32. The fourth-order valence-corrected chi connectivity index (χ4v) is 5.08. The van der Waals surface area contributed by atoms with Crippen LogP contribution in [0.5, 0.6) is 29.0 Å². The summed E-state index contributed by atoms with van der Waals surface area (Å²) in [6, 6.07) is 9.69. The molecule has 1 fully saturated rings. The smallest absolute Gasteiger partial charge is 0.328 e. The Morgan fingerprint density at radius 3 is 2.58 bits per heavy atom. The third kappa shape index (κ3) is 6.15. The predicted octanol–water partition coefficient (Wildman–Crippen LogP) is 4.55. The van der Waals surface area contributed by atoms with Crippen LogP contribution in [-0.2, 0) is 9.53 Å². The molecular formula is C30H32F2N6O5. The Hall–Kier alpha value is -4.94. The molecule has 1 aromatic heterocycles. The molecule has 0 amide bonds. The number of piperidine rings is 1. The van der Waals surface area contributed by atoms with Gasteiger partial charge in [-0.15, -0.1) is 0 Å². The van der Waals surface area contributed by atoms with Gasteiger partial charge in [0.15, 0.2) is 11.5 Å². The standard InChI is InChI=1S/C30H32F2N6O5/c1-3-41-30(40)20-9-4-5-13-38(20)25-23(31)28(42-19-8-6-7-18(15-19)27-35-12-14-37(27)2)36-29(24(25)32)43-22-16-17(26(33)34)10-11-21(22)39/h6-8,10-11,15-16,20,39H,3-5,9,12-14H2,1-2H3,(H3,33,34). The van der Waals surface area contributed by atoms with E-state index in [2.05, 4.69) is 9.98 Å². The number of nitrogens with zero attached hydrogens (tertiary/aromatic N) is 4. The number of halogens is 2. The van der Waals surface area contributed by atoms with Gasteiger partial charge >= 0.3 is 5.97 Å². The number of rotatable bonds is 9. The second-order valence-electron chi connectivity index (χ2n) is 10.1. The third-order valence-electron chi connectivity index (χ3n) is 7.19. The maximum absolute atomic E-state index is 16.3. The number of anilines is 1. The monoisotopic (exact) mass is 594 g/mol. The van der Waals surface area contributed by atoms with Gasteiger partial charge in [-0.1, -0.05) is 12.1 Å². The van der Waals surface area contributed by atoms with Crippen LogP contribution in [0.1, 0.15) is 37.3 Å². The lowest BCUT2D eigenvalue weighted by atomic mass is 10.0. The number of aromatic hydroxyl groups is 1. The number of carbonyl (C=O) groups excluding carboxylic acids is 1. The number of aromatic nitrogens is 1. The van der Waals surface area contributed by atoms with E-state index in [1.54, 1.807) is 25.1 Å². The zero-order valence-corrected chi connectivity index (χ0v) is 23.8. The molecule has 0 bridgehead atoms. The first-order chi connectivity index (χ1) is 20.7. The van der Waals surface area contributed by atoms with E-state index in [4.69, 9.17) is 25.4 Å². The number of hydrogen-bond donors (Lipinski definition) is 3. The summed E-state index contributed by atoms with van der Waals surface area (Å²) in [7, 11) is 1.91. The average Bonchev–Trinajstić information content (AvgIpc) is 3.43. The third-order valence-corrected chi connectivity index (χ3v) is 7.19. The second-order valence-corrected chi connectivity index (χ2v) is 10.1. The van der Waals surface area contributed by atoms with Crippen LogP contribution in [-0.4, -0.2) is 72.0 Å². The minimum Gasteiger partial charge on any atom is -0.504 e. The quantitative estimate of drug-likeness (QED) is 0.184. The van der Waals surface area contributed by atoms with Gasteiger partial charge in [-0.05, 0) is 56.5 Å². The topological polar surface area (TPSA) is 147 Å². The summed E-state index contributed by atoms with van der Waals surface area (Å²) in [5.41, 5.74) is 5.93. The summed E-state index contributed by atoms with van der Waals surface area (Å²) >= 11 is 0. The van der Waals surface area contributed by atoms with Crippen molar-refractivity contribution in [1.29, 1.82) is 5.41 Å². The summed E-state index contributed by atoms with van der Waals surface area (Å²) in [5, 5.41) is 18.1. The number of benzene rings is 2. The molecule has 1 saturated heterocycles. The minimum atomic E-state index is -1.20. The predicted molar refractivity (Wildman–Crippen MR) is 156 cm³/mol. The van der Waals surface area contributed by atoms with Crippen molar-refractivity contribution < 1.29 is 32.9 Å². The van der Waals surface area contributed by atoms with E-state index in [0.717, 1.165) is 17.9 Å². The molecular weight excluding hydrogens is 562 g/mol. The number of esters is 1. The van der Waals surface area contributed by atoms with Gasteiger partial charge in [0.25, 0.3) is 11.8 Å². The molecule has 1 unspecified atom stereocenters. The molecule has 13 heteroatoms. The van der Waals surface area contributed by atoms with Crippen molar-refractivity contribution in [1.82, 2.24) is 9.88 Å². The SMILES string of the molecule is CCOC(=O)C1CCCCN1c1c(F)c(Oc2cccc(C3=NCCN3C)c2)nc(Oc2cc(C(=N)N)ccc2O)c1F. The van der Waals surface area contributed by atoms with E-state index in [1.807, 2.05) is 18.0 Å². The van der Waals surface area contributed by atoms with E-state index < -0.39 is 46.8 Å². The maximum Gasteiger partial charge on any atom is 0.328 e. The molecule has 2 aliphatic rings. The highest BCUT2D eigenvalue weighted by atomic mass is 19.1. The number of pyridine rings is 1. The number of nitrogen functional groups attached to an aromatic ring is 1. The normalized spacial score (nSPS) is 16.6. The Balaban J connectivity index is 1.61. The summed E-state index contributed by atoms with van der Waals surface area (Å²) < 4.78 is 49.2. The Morgan fingerprint density at radius 2 is 1.88 bits per heavy atom. The number of hydrogen-bond acceptors (Lipinski definition) is 10. The molecule has 3 heterocycles. The van der Waals surface area contributed by atoms with E-state index in [0.29, 0.717) is 25.8 Å². The summed E-state index contributed by atoms with van der Waals surface area (Å²) in [5.74, 6) is -4.30. The van der Waals surface area contributed by atoms with Crippen LogP contribution >= 0.6 is 0 Å². The lowest BCUT2D eigenvalue weighted by Gasteiger charge is -2.36. The van der Waals surface area contributed by atoms with Gasteiger partial charge in [0, 0.05) is 31.3 Å². The number of likely N-dealkylation sites (N-methyl/N-ethyl adjacent to an activating group) is 1. The van der Waals surface area contributed by atoms with Gasteiger partial charge < -0.3 is 34.9 Å². The zero-order chi connectivity index (χ0) is 30.7. The van der Waals surface area contributed by atoms with Crippen LogP contribution in [0.3, 0.4) is 0 Å². The van der Waals surface area contributed by atoms with Crippen molar-refractivity contribution in [3.8, 4) is 29.0 Å². The number of phenolic OH excluding ortho intramolecular Hbond substituents is 1. The molecule has 1 atom stereocenters.